The van der Waals surface area contributed by atoms with Gasteiger partial charge in [0.1, 0.15) is 0 Å². The van der Waals surface area contributed by atoms with Gasteiger partial charge in [-0.15, -0.1) is 0 Å². The van der Waals surface area contributed by atoms with Gasteiger partial charge in [-0.1, -0.05) is 36.4 Å². The summed E-state index contributed by atoms with van der Waals surface area (Å²) in [5, 5.41) is 6.50. The molecule has 0 saturated carbocycles. The van der Waals surface area contributed by atoms with Crippen LogP contribution in [0.4, 0.5) is 5.69 Å². The van der Waals surface area contributed by atoms with Gasteiger partial charge in [0.2, 0.25) is 0 Å². The molecular weight excluding hydrogens is 286 g/mol. The highest BCUT2D eigenvalue weighted by molar-refractivity contribution is 6.03. The monoisotopic (exact) mass is 303 g/mol. The number of hydrogen-bond donors (Lipinski definition) is 2. The Hall–Kier alpha value is -3.14. The first-order chi connectivity index (χ1) is 11.1. The summed E-state index contributed by atoms with van der Waals surface area (Å²) in [6.07, 6.45) is 0. The van der Waals surface area contributed by atoms with E-state index in [1.807, 2.05) is 31.2 Å². The van der Waals surface area contributed by atoms with E-state index in [0.717, 1.165) is 16.7 Å². The van der Waals surface area contributed by atoms with E-state index < -0.39 is 0 Å². The Labute approximate surface area is 134 Å². The van der Waals surface area contributed by atoms with Crippen LogP contribution in [-0.4, -0.2) is 11.6 Å². The number of nitrogens with zero attached hydrogens (tertiary/aromatic N) is 1. The minimum Gasteiger partial charge on any atom is -0.399 e. The van der Waals surface area contributed by atoms with Gasteiger partial charge in [0.25, 0.3) is 5.91 Å². The van der Waals surface area contributed by atoms with Gasteiger partial charge in [-0.05, 0) is 53.6 Å². The Bertz CT molecular complexity index is 883. The molecular formula is C19H17N3O. The number of hydrazone groups is 1. The number of carbonyl (C=O) groups excluding carboxylic acids is 1. The van der Waals surface area contributed by atoms with Gasteiger partial charge in [-0.3, -0.25) is 4.79 Å². The number of amides is 1. The van der Waals surface area contributed by atoms with Gasteiger partial charge in [0.05, 0.1) is 5.71 Å². The summed E-state index contributed by atoms with van der Waals surface area (Å²) in [6, 6.07) is 21.0. The third-order valence-corrected chi connectivity index (χ3v) is 3.67. The molecule has 4 heteroatoms. The van der Waals surface area contributed by atoms with Crippen molar-refractivity contribution in [1.82, 2.24) is 5.43 Å². The number of hydrogen-bond acceptors (Lipinski definition) is 3. The molecule has 3 rings (SSSR count). The highest BCUT2D eigenvalue weighted by Gasteiger charge is 2.05. The maximum Gasteiger partial charge on any atom is 0.271 e. The second-order valence-corrected chi connectivity index (χ2v) is 5.32. The minimum absolute atomic E-state index is 0.259. The summed E-state index contributed by atoms with van der Waals surface area (Å²) in [5.74, 6) is -0.259. The van der Waals surface area contributed by atoms with Crippen LogP contribution in [0.25, 0.3) is 10.8 Å². The molecule has 0 aromatic heterocycles. The fourth-order valence-electron chi connectivity index (χ4n) is 2.31. The van der Waals surface area contributed by atoms with Gasteiger partial charge >= 0.3 is 0 Å². The van der Waals surface area contributed by atoms with Gasteiger partial charge < -0.3 is 5.73 Å². The van der Waals surface area contributed by atoms with Crippen LogP contribution >= 0.6 is 0 Å². The third-order valence-electron chi connectivity index (χ3n) is 3.67. The van der Waals surface area contributed by atoms with E-state index in [1.165, 1.54) is 5.39 Å². The molecule has 0 unspecified atom stereocenters. The second kappa shape index (κ2) is 6.32. The number of rotatable bonds is 3. The van der Waals surface area contributed by atoms with Crippen LogP contribution in [0.2, 0.25) is 0 Å². The molecule has 0 aliphatic rings. The quantitative estimate of drug-likeness (QED) is 0.441. The van der Waals surface area contributed by atoms with Crippen LogP contribution in [0.1, 0.15) is 22.8 Å². The van der Waals surface area contributed by atoms with Gasteiger partial charge in [0, 0.05) is 11.3 Å². The molecule has 0 atom stereocenters. The molecule has 4 nitrogen and oxygen atoms in total. The van der Waals surface area contributed by atoms with Crippen molar-refractivity contribution < 1.29 is 4.79 Å². The lowest BCUT2D eigenvalue weighted by molar-refractivity contribution is 0.0955. The summed E-state index contributed by atoms with van der Waals surface area (Å²) < 4.78 is 0. The molecule has 0 fully saturated rings. The molecule has 3 N–H and O–H groups in total. The van der Waals surface area contributed by atoms with E-state index in [1.54, 1.807) is 24.3 Å². The molecule has 0 bridgehead atoms. The zero-order valence-corrected chi connectivity index (χ0v) is 12.8. The van der Waals surface area contributed by atoms with E-state index in [9.17, 15) is 4.79 Å². The van der Waals surface area contributed by atoms with Gasteiger partial charge in [-0.2, -0.15) is 5.10 Å². The molecule has 0 radical (unpaired) electrons. The van der Waals surface area contributed by atoms with Crippen molar-refractivity contribution in [2.75, 3.05) is 5.73 Å². The maximum absolute atomic E-state index is 12.0. The summed E-state index contributed by atoms with van der Waals surface area (Å²) in [7, 11) is 0. The van der Waals surface area contributed by atoms with Gasteiger partial charge in [-0.25, -0.2) is 5.43 Å². The molecule has 0 aliphatic heterocycles. The van der Waals surface area contributed by atoms with Crippen LogP contribution < -0.4 is 11.2 Å². The first kappa shape index (κ1) is 14.8. The minimum atomic E-state index is -0.259. The molecule has 0 spiro atoms. The Morgan fingerprint density at radius 3 is 2.30 bits per heavy atom. The molecule has 0 heterocycles. The van der Waals surface area contributed by atoms with Crippen molar-refractivity contribution in [2.45, 2.75) is 6.92 Å². The average Bonchev–Trinajstić information content (AvgIpc) is 2.59. The normalized spacial score (nSPS) is 11.4. The second-order valence-electron chi connectivity index (χ2n) is 5.32. The SMILES string of the molecule is CC(=NNC(=O)c1ccc(N)cc1)c1ccc2ccccc2c1. The highest BCUT2D eigenvalue weighted by atomic mass is 16.2. The van der Waals surface area contributed by atoms with Crippen molar-refractivity contribution in [1.29, 1.82) is 0 Å². The topological polar surface area (TPSA) is 67.5 Å². The number of fused-ring (bicyclic) bond motifs is 1. The first-order valence-electron chi connectivity index (χ1n) is 7.33. The molecule has 3 aromatic rings. The lowest BCUT2D eigenvalue weighted by Gasteiger charge is -2.05. The number of nitrogens with one attached hydrogen (secondary N) is 1. The summed E-state index contributed by atoms with van der Waals surface area (Å²) in [6.45, 7) is 1.87. The van der Waals surface area contributed by atoms with Gasteiger partial charge in [0.15, 0.2) is 0 Å². The Balaban J connectivity index is 1.78. The zero-order chi connectivity index (χ0) is 16.2. The van der Waals surface area contributed by atoms with Crippen molar-refractivity contribution in [2.24, 2.45) is 5.10 Å². The van der Waals surface area contributed by atoms with Crippen molar-refractivity contribution in [3.05, 3.63) is 77.9 Å². The lowest BCUT2D eigenvalue weighted by atomic mass is 10.0. The van der Waals surface area contributed by atoms with E-state index in [2.05, 4.69) is 28.7 Å². The van der Waals surface area contributed by atoms with Crippen LogP contribution in [0.3, 0.4) is 0 Å². The Morgan fingerprint density at radius 1 is 0.913 bits per heavy atom. The number of carbonyl (C=O) groups is 1. The fourth-order valence-corrected chi connectivity index (χ4v) is 2.31. The number of anilines is 1. The van der Waals surface area contributed by atoms with Crippen molar-refractivity contribution in [3.8, 4) is 0 Å². The zero-order valence-electron chi connectivity index (χ0n) is 12.8. The smallest absolute Gasteiger partial charge is 0.271 e. The summed E-state index contributed by atoms with van der Waals surface area (Å²) >= 11 is 0. The molecule has 114 valence electrons. The third kappa shape index (κ3) is 3.37. The predicted octanol–water partition coefficient (Wildman–Crippen LogP) is 3.58. The van der Waals surface area contributed by atoms with E-state index in [4.69, 9.17) is 5.73 Å². The molecule has 0 aliphatic carbocycles. The lowest BCUT2D eigenvalue weighted by Crippen LogP contribution is -2.19. The number of nitrogens with two attached hydrogens (primary N) is 1. The largest absolute Gasteiger partial charge is 0.399 e. The Kier molecular flexibility index (Phi) is 4.06. The maximum atomic E-state index is 12.0. The highest BCUT2D eigenvalue weighted by Crippen LogP contribution is 2.16. The molecule has 23 heavy (non-hydrogen) atoms. The number of benzene rings is 3. The predicted molar refractivity (Wildman–Crippen MR) is 94.5 cm³/mol. The summed E-state index contributed by atoms with van der Waals surface area (Å²) in [5.41, 5.74) is 11.1. The van der Waals surface area contributed by atoms with Crippen molar-refractivity contribution in [3.63, 3.8) is 0 Å². The molecule has 0 saturated heterocycles. The van der Waals surface area contributed by atoms with Crippen LogP contribution in [0, 0.1) is 0 Å². The van der Waals surface area contributed by atoms with E-state index >= 15 is 0 Å². The van der Waals surface area contributed by atoms with E-state index in [0.29, 0.717) is 11.3 Å². The van der Waals surface area contributed by atoms with Crippen molar-refractivity contribution >= 4 is 28.1 Å². The summed E-state index contributed by atoms with van der Waals surface area (Å²) in [4.78, 5) is 12.0. The van der Waals surface area contributed by atoms with E-state index in [-0.39, 0.29) is 5.91 Å². The van der Waals surface area contributed by atoms with Crippen LogP contribution in [0.5, 0.6) is 0 Å². The molecule has 3 aromatic carbocycles. The average molecular weight is 303 g/mol. The fraction of sp³-hybridized carbons (Fsp3) is 0.0526. The standard InChI is InChI=1S/C19H17N3O/c1-13(16-7-6-14-4-2-3-5-17(14)12-16)21-22-19(23)15-8-10-18(20)11-9-15/h2-12H,20H2,1H3,(H,22,23). The number of nitrogen functional groups attached to an aromatic ring is 1. The first-order valence-corrected chi connectivity index (χ1v) is 7.33. The molecule has 1 amide bonds. The Morgan fingerprint density at radius 2 is 1.57 bits per heavy atom. The van der Waals surface area contributed by atoms with Crippen LogP contribution in [-0.2, 0) is 0 Å². The van der Waals surface area contributed by atoms with Crippen LogP contribution in [0.15, 0.2) is 71.8 Å².